The fourth-order valence-corrected chi connectivity index (χ4v) is 1.35. The minimum Gasteiger partial charge on any atom is -0.550 e. The summed E-state index contributed by atoms with van der Waals surface area (Å²) in [6, 6.07) is 6.72. The van der Waals surface area contributed by atoms with Crippen molar-refractivity contribution in [3.05, 3.63) is 34.9 Å². The third-order valence-electron chi connectivity index (χ3n) is 1.97. The second-order valence-electron chi connectivity index (χ2n) is 3.01. The Kier molecular flexibility index (Phi) is 7.22. The standard InChI is InChI=1S/C10H11ClO3.Na/c11-9-3-1-7(2-4-9)8(6-12)5-10(13)14;/h1-4,8,12H,5-6H2,(H,13,14);/q;+1/p-1. The summed E-state index contributed by atoms with van der Waals surface area (Å²) in [6.07, 6.45) is -0.182. The largest absolute Gasteiger partial charge is 1.00 e. The van der Waals surface area contributed by atoms with Crippen LogP contribution in [0.3, 0.4) is 0 Å². The van der Waals surface area contributed by atoms with Crippen molar-refractivity contribution in [1.82, 2.24) is 0 Å². The Morgan fingerprint density at radius 1 is 1.40 bits per heavy atom. The predicted octanol–water partition coefficient (Wildman–Crippen LogP) is -2.44. The summed E-state index contributed by atoms with van der Waals surface area (Å²) in [5.74, 6) is -1.59. The molecular weight excluding hydrogens is 227 g/mol. The van der Waals surface area contributed by atoms with Crippen molar-refractivity contribution in [3.63, 3.8) is 0 Å². The Labute approximate surface area is 115 Å². The zero-order valence-corrected chi connectivity index (χ0v) is 11.2. The van der Waals surface area contributed by atoms with Gasteiger partial charge in [-0.15, -0.1) is 0 Å². The Morgan fingerprint density at radius 2 is 1.93 bits per heavy atom. The van der Waals surface area contributed by atoms with Gasteiger partial charge in [-0.3, -0.25) is 0 Å². The van der Waals surface area contributed by atoms with Gasteiger partial charge in [0.15, 0.2) is 0 Å². The molecule has 0 radical (unpaired) electrons. The van der Waals surface area contributed by atoms with E-state index >= 15 is 0 Å². The van der Waals surface area contributed by atoms with Crippen LogP contribution < -0.4 is 34.7 Å². The molecule has 1 aromatic rings. The van der Waals surface area contributed by atoms with Gasteiger partial charge in [-0.2, -0.15) is 0 Å². The molecule has 0 aliphatic heterocycles. The Morgan fingerprint density at radius 3 is 2.33 bits per heavy atom. The molecule has 0 fully saturated rings. The Hall–Kier alpha value is -0.0600. The minimum absolute atomic E-state index is 0. The van der Waals surface area contributed by atoms with Crippen LogP contribution in [0.2, 0.25) is 5.02 Å². The molecule has 15 heavy (non-hydrogen) atoms. The molecule has 0 aliphatic rings. The first-order valence-corrected chi connectivity index (χ1v) is 4.57. The Bertz CT molecular complexity index is 313. The number of benzene rings is 1. The summed E-state index contributed by atoms with van der Waals surface area (Å²) in [4.78, 5) is 10.4. The first-order valence-electron chi connectivity index (χ1n) is 4.19. The number of hydrogen-bond acceptors (Lipinski definition) is 3. The number of aliphatic carboxylic acids is 1. The molecule has 1 unspecified atom stereocenters. The maximum atomic E-state index is 10.4. The minimum atomic E-state index is -1.17. The van der Waals surface area contributed by atoms with Crippen LogP contribution in [-0.2, 0) is 4.79 Å². The number of carboxylic acids is 1. The molecule has 0 aromatic heterocycles. The molecule has 0 aliphatic carbocycles. The van der Waals surface area contributed by atoms with E-state index in [0.717, 1.165) is 5.56 Å². The van der Waals surface area contributed by atoms with Crippen LogP contribution in [0.25, 0.3) is 0 Å². The second-order valence-corrected chi connectivity index (χ2v) is 3.44. The van der Waals surface area contributed by atoms with E-state index in [4.69, 9.17) is 16.7 Å². The Balaban J connectivity index is 0.00000196. The number of halogens is 1. The van der Waals surface area contributed by atoms with E-state index in [0.29, 0.717) is 5.02 Å². The van der Waals surface area contributed by atoms with Crippen molar-refractivity contribution >= 4 is 17.6 Å². The van der Waals surface area contributed by atoms with Crippen LogP contribution in [0.1, 0.15) is 17.9 Å². The first-order chi connectivity index (χ1) is 6.63. The maximum absolute atomic E-state index is 10.4. The molecule has 3 nitrogen and oxygen atoms in total. The summed E-state index contributed by atoms with van der Waals surface area (Å²) in [5.41, 5.74) is 0.751. The number of rotatable bonds is 4. The van der Waals surface area contributed by atoms with Crippen molar-refractivity contribution in [1.29, 1.82) is 0 Å². The quantitative estimate of drug-likeness (QED) is 0.591. The zero-order chi connectivity index (χ0) is 10.6. The van der Waals surface area contributed by atoms with Crippen molar-refractivity contribution in [2.45, 2.75) is 12.3 Å². The van der Waals surface area contributed by atoms with Gasteiger partial charge in [0.05, 0.1) is 6.61 Å². The summed E-state index contributed by atoms with van der Waals surface area (Å²) in [5, 5.41) is 19.9. The van der Waals surface area contributed by atoms with E-state index in [1.54, 1.807) is 24.3 Å². The SMILES string of the molecule is O=C([O-])CC(CO)c1ccc(Cl)cc1.[Na+]. The van der Waals surface area contributed by atoms with Gasteiger partial charge in [0.2, 0.25) is 0 Å². The average molecular weight is 237 g/mol. The van der Waals surface area contributed by atoms with Gasteiger partial charge < -0.3 is 15.0 Å². The van der Waals surface area contributed by atoms with Crippen molar-refractivity contribution in [2.24, 2.45) is 0 Å². The van der Waals surface area contributed by atoms with E-state index in [1.165, 1.54) is 0 Å². The normalized spacial score (nSPS) is 11.6. The smallest absolute Gasteiger partial charge is 0.550 e. The first kappa shape index (κ1) is 14.9. The zero-order valence-electron chi connectivity index (χ0n) is 8.44. The van der Waals surface area contributed by atoms with Crippen molar-refractivity contribution in [2.75, 3.05) is 6.61 Å². The predicted molar refractivity (Wildman–Crippen MR) is 50.9 cm³/mol. The van der Waals surface area contributed by atoms with Gasteiger partial charge in [-0.25, -0.2) is 0 Å². The maximum Gasteiger partial charge on any atom is 1.00 e. The average Bonchev–Trinajstić information content (AvgIpc) is 2.15. The second kappa shape index (κ2) is 7.25. The van der Waals surface area contributed by atoms with Gasteiger partial charge in [0.1, 0.15) is 0 Å². The third-order valence-corrected chi connectivity index (χ3v) is 2.23. The number of aliphatic hydroxyl groups is 1. The summed E-state index contributed by atoms with van der Waals surface area (Å²) in [7, 11) is 0. The monoisotopic (exact) mass is 236 g/mol. The van der Waals surface area contributed by atoms with Crippen LogP contribution in [0, 0.1) is 0 Å². The van der Waals surface area contributed by atoms with E-state index in [-0.39, 0.29) is 42.6 Å². The van der Waals surface area contributed by atoms with Gasteiger partial charge in [-0.1, -0.05) is 23.7 Å². The van der Waals surface area contributed by atoms with Crippen molar-refractivity contribution < 1.29 is 44.6 Å². The van der Waals surface area contributed by atoms with Gasteiger partial charge in [-0.05, 0) is 24.1 Å². The number of carboxylic acid groups (broad SMARTS) is 1. The molecule has 1 rings (SSSR count). The van der Waals surface area contributed by atoms with E-state index in [1.807, 2.05) is 0 Å². The van der Waals surface area contributed by atoms with Crippen LogP contribution in [0.15, 0.2) is 24.3 Å². The molecule has 0 amide bonds. The van der Waals surface area contributed by atoms with Crippen LogP contribution >= 0.6 is 11.6 Å². The number of hydrogen-bond donors (Lipinski definition) is 1. The van der Waals surface area contributed by atoms with Crippen LogP contribution in [0.5, 0.6) is 0 Å². The number of carbonyl (C=O) groups excluding carboxylic acids is 1. The van der Waals surface area contributed by atoms with Crippen molar-refractivity contribution in [3.8, 4) is 0 Å². The van der Waals surface area contributed by atoms with Gasteiger partial charge in [0.25, 0.3) is 0 Å². The van der Waals surface area contributed by atoms with E-state index in [9.17, 15) is 9.90 Å². The van der Waals surface area contributed by atoms with E-state index < -0.39 is 11.9 Å². The molecule has 0 heterocycles. The molecule has 0 spiro atoms. The molecule has 0 saturated heterocycles. The third kappa shape index (κ3) is 5.00. The van der Waals surface area contributed by atoms with Gasteiger partial charge in [0, 0.05) is 16.9 Å². The summed E-state index contributed by atoms with van der Waals surface area (Å²) in [6.45, 7) is -0.213. The molecule has 1 N–H and O–H groups in total. The summed E-state index contributed by atoms with van der Waals surface area (Å²) >= 11 is 5.67. The molecule has 0 saturated carbocycles. The van der Waals surface area contributed by atoms with Gasteiger partial charge >= 0.3 is 29.6 Å². The summed E-state index contributed by atoms with van der Waals surface area (Å²) < 4.78 is 0. The molecule has 5 heteroatoms. The fraction of sp³-hybridized carbons (Fsp3) is 0.300. The van der Waals surface area contributed by atoms with Crippen LogP contribution in [-0.4, -0.2) is 17.7 Å². The number of aliphatic hydroxyl groups excluding tert-OH is 1. The molecule has 1 atom stereocenters. The molecular formula is C10H10ClNaO3. The molecule has 76 valence electrons. The molecule has 1 aromatic carbocycles. The fourth-order valence-electron chi connectivity index (χ4n) is 1.22. The van der Waals surface area contributed by atoms with Crippen LogP contribution in [0.4, 0.5) is 0 Å². The number of carbonyl (C=O) groups is 1. The topological polar surface area (TPSA) is 60.4 Å². The van der Waals surface area contributed by atoms with E-state index in [2.05, 4.69) is 0 Å². The molecule has 0 bridgehead atoms.